The molecule has 0 amide bonds. The van der Waals surface area contributed by atoms with Crippen LogP contribution in [0.15, 0.2) is 30.3 Å². The number of hydrogen-bond acceptors (Lipinski definition) is 3. The highest BCUT2D eigenvalue weighted by molar-refractivity contribution is 5.86. The van der Waals surface area contributed by atoms with Gasteiger partial charge in [0.15, 0.2) is 0 Å². The van der Waals surface area contributed by atoms with Gasteiger partial charge in [-0.1, -0.05) is 89.7 Å². The Balaban J connectivity index is 1.96. The third kappa shape index (κ3) is 13.1. The van der Waals surface area contributed by atoms with Gasteiger partial charge in [0, 0.05) is 6.08 Å². The number of ether oxygens (including phenoxy) is 2. The molecule has 0 bridgehead atoms. The van der Waals surface area contributed by atoms with E-state index in [4.69, 9.17) is 4.74 Å². The third-order valence-corrected chi connectivity index (χ3v) is 4.76. The summed E-state index contributed by atoms with van der Waals surface area (Å²) >= 11 is 0. The Morgan fingerprint density at radius 1 is 0.815 bits per heavy atom. The van der Waals surface area contributed by atoms with Crippen LogP contribution in [0.3, 0.4) is 0 Å². The summed E-state index contributed by atoms with van der Waals surface area (Å²) in [6.45, 7) is 3.04. The van der Waals surface area contributed by atoms with Gasteiger partial charge >= 0.3 is 5.97 Å². The highest BCUT2D eigenvalue weighted by Gasteiger charge is 1.97. The maximum atomic E-state index is 11.1. The lowest BCUT2D eigenvalue weighted by Gasteiger charge is -2.06. The monoisotopic (exact) mass is 374 g/mol. The fourth-order valence-corrected chi connectivity index (χ4v) is 3.04. The molecule has 0 spiro atoms. The summed E-state index contributed by atoms with van der Waals surface area (Å²) in [6.07, 6.45) is 19.4. The minimum atomic E-state index is -0.345. The number of benzene rings is 1. The van der Waals surface area contributed by atoms with Gasteiger partial charge in [0.25, 0.3) is 0 Å². The van der Waals surface area contributed by atoms with Gasteiger partial charge in [-0.25, -0.2) is 4.79 Å². The zero-order valence-electron chi connectivity index (χ0n) is 17.4. The molecule has 0 saturated heterocycles. The van der Waals surface area contributed by atoms with Gasteiger partial charge in [-0.3, -0.25) is 0 Å². The summed E-state index contributed by atoms with van der Waals surface area (Å²) in [5.41, 5.74) is 0.957. The fraction of sp³-hybridized carbons (Fsp3) is 0.625. The zero-order chi connectivity index (χ0) is 19.6. The Hall–Kier alpha value is -1.77. The molecule has 0 heterocycles. The molecule has 0 aromatic heterocycles. The lowest BCUT2D eigenvalue weighted by Crippen LogP contribution is -1.97. The van der Waals surface area contributed by atoms with E-state index in [-0.39, 0.29) is 5.97 Å². The van der Waals surface area contributed by atoms with Crippen LogP contribution in [-0.4, -0.2) is 19.7 Å². The average Bonchev–Trinajstić information content (AvgIpc) is 2.70. The number of carbonyl (C=O) groups excluding carboxylic acids is 1. The molecule has 0 fully saturated rings. The number of hydrogen-bond donors (Lipinski definition) is 0. The first-order chi connectivity index (χ1) is 13.3. The molecule has 0 unspecified atom stereocenters. The van der Waals surface area contributed by atoms with E-state index in [1.807, 2.05) is 24.3 Å². The number of rotatable bonds is 16. The molecule has 0 aliphatic rings. The van der Waals surface area contributed by atoms with Gasteiger partial charge in [0.1, 0.15) is 5.75 Å². The van der Waals surface area contributed by atoms with Gasteiger partial charge in [-0.15, -0.1) is 0 Å². The minimum Gasteiger partial charge on any atom is -0.494 e. The van der Waals surface area contributed by atoms with Gasteiger partial charge < -0.3 is 9.47 Å². The van der Waals surface area contributed by atoms with Crippen molar-refractivity contribution in [3.63, 3.8) is 0 Å². The highest BCUT2D eigenvalue weighted by Crippen LogP contribution is 2.15. The molecule has 0 radical (unpaired) electrons. The van der Waals surface area contributed by atoms with E-state index < -0.39 is 0 Å². The number of esters is 1. The predicted molar refractivity (Wildman–Crippen MR) is 114 cm³/mol. The molecule has 3 nitrogen and oxygen atoms in total. The molecule has 27 heavy (non-hydrogen) atoms. The Morgan fingerprint density at radius 2 is 1.33 bits per heavy atom. The molecule has 152 valence electrons. The van der Waals surface area contributed by atoms with Crippen LogP contribution in [0, 0.1) is 0 Å². The van der Waals surface area contributed by atoms with Crippen molar-refractivity contribution in [1.29, 1.82) is 0 Å². The zero-order valence-corrected chi connectivity index (χ0v) is 17.4. The molecule has 1 aromatic rings. The number of carbonyl (C=O) groups is 1. The first-order valence-electron chi connectivity index (χ1n) is 10.7. The standard InChI is InChI=1S/C24H38O3/c1-3-4-5-6-7-8-9-10-11-12-13-14-21-27-23-18-15-22(16-19-23)17-20-24(25)26-2/h15-20H,3-14,21H2,1-2H3/b20-17+. The summed E-state index contributed by atoms with van der Waals surface area (Å²) in [5.74, 6) is 0.538. The lowest BCUT2D eigenvalue weighted by atomic mass is 10.1. The third-order valence-electron chi connectivity index (χ3n) is 4.76. The second-order valence-corrected chi connectivity index (χ2v) is 7.16. The second-order valence-electron chi connectivity index (χ2n) is 7.16. The maximum absolute atomic E-state index is 11.1. The van der Waals surface area contributed by atoms with Crippen molar-refractivity contribution < 1.29 is 14.3 Å². The smallest absolute Gasteiger partial charge is 0.330 e. The van der Waals surface area contributed by atoms with Gasteiger partial charge in [0.05, 0.1) is 13.7 Å². The Kier molecular flexibility index (Phi) is 14.1. The Bertz CT molecular complexity index is 505. The molecule has 3 heteroatoms. The van der Waals surface area contributed by atoms with E-state index in [0.717, 1.165) is 24.3 Å². The van der Waals surface area contributed by atoms with E-state index in [0.29, 0.717) is 0 Å². The summed E-state index contributed by atoms with van der Waals surface area (Å²) in [7, 11) is 1.37. The number of methoxy groups -OCH3 is 1. The van der Waals surface area contributed by atoms with E-state index in [1.165, 1.54) is 83.8 Å². The van der Waals surface area contributed by atoms with E-state index in [2.05, 4.69) is 11.7 Å². The highest BCUT2D eigenvalue weighted by atomic mass is 16.5. The molecule has 0 aliphatic heterocycles. The van der Waals surface area contributed by atoms with Crippen molar-refractivity contribution >= 4 is 12.0 Å². The molecule has 0 aliphatic carbocycles. The lowest BCUT2D eigenvalue weighted by molar-refractivity contribution is -0.134. The van der Waals surface area contributed by atoms with Crippen molar-refractivity contribution in [2.24, 2.45) is 0 Å². The van der Waals surface area contributed by atoms with Crippen LogP contribution < -0.4 is 4.74 Å². The van der Waals surface area contributed by atoms with Crippen molar-refractivity contribution in [3.8, 4) is 5.75 Å². The van der Waals surface area contributed by atoms with Crippen LogP contribution in [-0.2, 0) is 9.53 Å². The molecular formula is C24H38O3. The maximum Gasteiger partial charge on any atom is 0.330 e. The van der Waals surface area contributed by atoms with Crippen molar-refractivity contribution in [3.05, 3.63) is 35.9 Å². The molecule has 0 saturated carbocycles. The summed E-state index contributed by atoms with van der Waals surface area (Å²) in [6, 6.07) is 7.77. The van der Waals surface area contributed by atoms with E-state index in [1.54, 1.807) is 6.08 Å². The second kappa shape index (κ2) is 16.4. The van der Waals surface area contributed by atoms with Crippen LogP contribution >= 0.6 is 0 Å². The van der Waals surface area contributed by atoms with Crippen LogP contribution in [0.1, 0.15) is 89.5 Å². The summed E-state index contributed by atoms with van der Waals surface area (Å²) < 4.78 is 10.4. The molecule has 0 N–H and O–H groups in total. The van der Waals surface area contributed by atoms with Crippen molar-refractivity contribution in [2.45, 2.75) is 84.0 Å². The van der Waals surface area contributed by atoms with Crippen LogP contribution in [0.4, 0.5) is 0 Å². The van der Waals surface area contributed by atoms with Crippen LogP contribution in [0.2, 0.25) is 0 Å². The van der Waals surface area contributed by atoms with E-state index >= 15 is 0 Å². The molecule has 0 atom stereocenters. The topological polar surface area (TPSA) is 35.5 Å². The van der Waals surface area contributed by atoms with E-state index in [9.17, 15) is 4.79 Å². The normalized spacial score (nSPS) is 11.0. The first-order valence-corrected chi connectivity index (χ1v) is 10.7. The Morgan fingerprint density at radius 3 is 1.85 bits per heavy atom. The minimum absolute atomic E-state index is 0.345. The molecular weight excluding hydrogens is 336 g/mol. The SMILES string of the molecule is CCCCCCCCCCCCCCOc1ccc(/C=C/C(=O)OC)cc1. The number of unbranched alkanes of at least 4 members (excludes halogenated alkanes) is 11. The average molecular weight is 375 g/mol. The van der Waals surface area contributed by atoms with Crippen LogP contribution in [0.25, 0.3) is 6.08 Å². The van der Waals surface area contributed by atoms with Gasteiger partial charge in [0.2, 0.25) is 0 Å². The Labute approximate surface area is 166 Å². The van der Waals surface area contributed by atoms with Gasteiger partial charge in [-0.2, -0.15) is 0 Å². The predicted octanol–water partition coefficient (Wildman–Crippen LogP) is 6.95. The fourth-order valence-electron chi connectivity index (χ4n) is 3.04. The molecule has 1 aromatic carbocycles. The molecule has 1 rings (SSSR count). The summed E-state index contributed by atoms with van der Waals surface area (Å²) in [4.78, 5) is 11.1. The van der Waals surface area contributed by atoms with Gasteiger partial charge in [-0.05, 0) is 30.2 Å². The van der Waals surface area contributed by atoms with Crippen molar-refractivity contribution in [2.75, 3.05) is 13.7 Å². The first kappa shape index (κ1) is 23.3. The quantitative estimate of drug-likeness (QED) is 0.178. The van der Waals surface area contributed by atoms with Crippen LogP contribution in [0.5, 0.6) is 5.75 Å². The van der Waals surface area contributed by atoms with Crippen molar-refractivity contribution in [1.82, 2.24) is 0 Å². The largest absolute Gasteiger partial charge is 0.494 e. The summed E-state index contributed by atoms with van der Waals surface area (Å²) in [5, 5.41) is 0.